The van der Waals surface area contributed by atoms with Crippen LogP contribution in [0.3, 0.4) is 0 Å². The molecular formula is C15H24N2O3. The number of aryl methyl sites for hydroxylation is 2. The van der Waals surface area contributed by atoms with Crippen molar-refractivity contribution in [2.75, 3.05) is 19.8 Å². The molecule has 1 saturated heterocycles. The van der Waals surface area contributed by atoms with E-state index in [-0.39, 0.29) is 5.79 Å². The summed E-state index contributed by atoms with van der Waals surface area (Å²) in [6.07, 6.45) is 5.25. The zero-order chi connectivity index (χ0) is 14.0. The first-order chi connectivity index (χ1) is 9.69. The Morgan fingerprint density at radius 3 is 2.50 bits per heavy atom. The Labute approximate surface area is 120 Å². The SMILES string of the molecule is Cc1noc(C)c1CCNC1CCC2(CC1)OCCO2. The van der Waals surface area contributed by atoms with Crippen molar-refractivity contribution in [2.45, 2.75) is 57.8 Å². The van der Waals surface area contributed by atoms with Gasteiger partial charge in [-0.1, -0.05) is 5.16 Å². The van der Waals surface area contributed by atoms with Crippen molar-refractivity contribution < 1.29 is 14.0 Å². The molecule has 0 radical (unpaired) electrons. The molecule has 0 amide bonds. The van der Waals surface area contributed by atoms with Crippen LogP contribution in [-0.2, 0) is 15.9 Å². The number of ether oxygens (including phenoxy) is 2. The first-order valence-electron chi connectivity index (χ1n) is 7.62. The molecule has 1 aliphatic carbocycles. The molecule has 3 rings (SSSR count). The van der Waals surface area contributed by atoms with Crippen molar-refractivity contribution in [3.8, 4) is 0 Å². The van der Waals surface area contributed by atoms with E-state index in [1.165, 1.54) is 5.56 Å². The molecule has 1 aromatic rings. The minimum absolute atomic E-state index is 0.250. The summed E-state index contributed by atoms with van der Waals surface area (Å²) in [6, 6.07) is 0.578. The highest BCUT2D eigenvalue weighted by atomic mass is 16.7. The Bertz CT molecular complexity index is 422. The fourth-order valence-corrected chi connectivity index (χ4v) is 3.31. The maximum atomic E-state index is 5.75. The molecule has 0 unspecified atom stereocenters. The highest BCUT2D eigenvalue weighted by Crippen LogP contribution is 2.35. The monoisotopic (exact) mass is 280 g/mol. The number of aromatic nitrogens is 1. The maximum Gasteiger partial charge on any atom is 0.168 e. The molecule has 0 atom stereocenters. The Kier molecular flexibility index (Phi) is 4.10. The van der Waals surface area contributed by atoms with E-state index < -0.39 is 0 Å². The van der Waals surface area contributed by atoms with Crippen molar-refractivity contribution >= 4 is 0 Å². The summed E-state index contributed by atoms with van der Waals surface area (Å²) in [4.78, 5) is 0. The van der Waals surface area contributed by atoms with Crippen LogP contribution in [0.1, 0.15) is 42.7 Å². The van der Waals surface area contributed by atoms with Crippen LogP contribution >= 0.6 is 0 Å². The number of hydrogen-bond acceptors (Lipinski definition) is 5. The number of nitrogens with zero attached hydrogens (tertiary/aromatic N) is 1. The molecule has 0 aromatic carbocycles. The molecule has 1 saturated carbocycles. The Hall–Kier alpha value is -0.910. The highest BCUT2D eigenvalue weighted by Gasteiger charge is 2.40. The summed E-state index contributed by atoms with van der Waals surface area (Å²) in [6.45, 7) is 6.47. The van der Waals surface area contributed by atoms with Crippen molar-refractivity contribution in [3.05, 3.63) is 17.0 Å². The molecule has 2 heterocycles. The first-order valence-corrected chi connectivity index (χ1v) is 7.62. The predicted octanol–water partition coefficient (Wildman–Crippen LogP) is 2.11. The molecular weight excluding hydrogens is 256 g/mol. The molecule has 20 heavy (non-hydrogen) atoms. The van der Waals surface area contributed by atoms with E-state index in [0.29, 0.717) is 6.04 Å². The fraction of sp³-hybridized carbons (Fsp3) is 0.800. The zero-order valence-corrected chi connectivity index (χ0v) is 12.4. The van der Waals surface area contributed by atoms with Crippen LogP contribution in [0.4, 0.5) is 0 Å². The van der Waals surface area contributed by atoms with E-state index in [1.807, 2.05) is 13.8 Å². The summed E-state index contributed by atoms with van der Waals surface area (Å²) >= 11 is 0. The molecule has 1 aliphatic heterocycles. The zero-order valence-electron chi connectivity index (χ0n) is 12.4. The van der Waals surface area contributed by atoms with Gasteiger partial charge in [-0.05, 0) is 39.7 Å². The van der Waals surface area contributed by atoms with Gasteiger partial charge in [-0.25, -0.2) is 0 Å². The lowest BCUT2D eigenvalue weighted by molar-refractivity contribution is -0.179. The van der Waals surface area contributed by atoms with Gasteiger partial charge in [-0.3, -0.25) is 0 Å². The Balaban J connectivity index is 1.42. The largest absolute Gasteiger partial charge is 0.361 e. The van der Waals surface area contributed by atoms with Gasteiger partial charge in [0.05, 0.1) is 18.9 Å². The molecule has 5 nitrogen and oxygen atoms in total. The summed E-state index contributed by atoms with van der Waals surface area (Å²) in [7, 11) is 0. The summed E-state index contributed by atoms with van der Waals surface area (Å²) in [5.41, 5.74) is 2.26. The standard InChI is InChI=1S/C15H24N2O3/c1-11-14(12(2)20-17-11)5-8-16-13-3-6-15(7-4-13)18-9-10-19-15/h13,16H,3-10H2,1-2H3. The molecule has 1 spiro atoms. The molecule has 2 fully saturated rings. The first kappa shape index (κ1) is 14.0. The minimum atomic E-state index is -0.250. The van der Waals surface area contributed by atoms with Crippen LogP contribution in [0.15, 0.2) is 4.52 Å². The summed E-state index contributed by atoms with van der Waals surface area (Å²) < 4.78 is 16.7. The maximum absolute atomic E-state index is 5.75. The van der Waals surface area contributed by atoms with E-state index in [9.17, 15) is 0 Å². The molecule has 2 aliphatic rings. The predicted molar refractivity (Wildman–Crippen MR) is 74.6 cm³/mol. The second kappa shape index (κ2) is 5.84. The van der Waals surface area contributed by atoms with Crippen LogP contribution in [0.5, 0.6) is 0 Å². The number of rotatable bonds is 4. The second-order valence-electron chi connectivity index (χ2n) is 5.89. The van der Waals surface area contributed by atoms with E-state index >= 15 is 0 Å². The lowest BCUT2D eigenvalue weighted by Crippen LogP contribution is -2.42. The molecule has 0 bridgehead atoms. The average molecular weight is 280 g/mol. The summed E-state index contributed by atoms with van der Waals surface area (Å²) in [5, 5.41) is 7.63. The van der Waals surface area contributed by atoms with E-state index in [2.05, 4.69) is 10.5 Å². The quantitative estimate of drug-likeness (QED) is 0.915. The van der Waals surface area contributed by atoms with Crippen LogP contribution in [0.2, 0.25) is 0 Å². The van der Waals surface area contributed by atoms with Gasteiger partial charge in [0.25, 0.3) is 0 Å². The number of hydrogen-bond donors (Lipinski definition) is 1. The van der Waals surface area contributed by atoms with Gasteiger partial charge in [0, 0.05) is 24.4 Å². The van der Waals surface area contributed by atoms with Gasteiger partial charge >= 0.3 is 0 Å². The van der Waals surface area contributed by atoms with Crippen LogP contribution in [0, 0.1) is 13.8 Å². The lowest BCUT2D eigenvalue weighted by Gasteiger charge is -2.35. The molecule has 1 aromatic heterocycles. The van der Waals surface area contributed by atoms with E-state index in [1.54, 1.807) is 0 Å². The Morgan fingerprint density at radius 2 is 1.90 bits per heavy atom. The normalized spacial score (nSPS) is 22.7. The Morgan fingerprint density at radius 1 is 1.20 bits per heavy atom. The third kappa shape index (κ3) is 2.90. The van der Waals surface area contributed by atoms with Crippen molar-refractivity contribution in [1.29, 1.82) is 0 Å². The third-order valence-electron chi connectivity index (χ3n) is 4.55. The van der Waals surface area contributed by atoms with Crippen LogP contribution < -0.4 is 5.32 Å². The van der Waals surface area contributed by atoms with Crippen molar-refractivity contribution in [1.82, 2.24) is 10.5 Å². The minimum Gasteiger partial charge on any atom is -0.361 e. The summed E-state index contributed by atoms with van der Waals surface area (Å²) in [5.74, 6) is 0.694. The van der Waals surface area contributed by atoms with Crippen LogP contribution in [0.25, 0.3) is 0 Å². The molecule has 112 valence electrons. The molecule has 5 heteroatoms. The van der Waals surface area contributed by atoms with E-state index in [4.69, 9.17) is 14.0 Å². The van der Waals surface area contributed by atoms with E-state index in [0.717, 1.165) is 63.3 Å². The van der Waals surface area contributed by atoms with Gasteiger partial charge in [0.15, 0.2) is 5.79 Å². The van der Waals surface area contributed by atoms with Crippen molar-refractivity contribution in [3.63, 3.8) is 0 Å². The van der Waals surface area contributed by atoms with Crippen molar-refractivity contribution in [2.24, 2.45) is 0 Å². The fourth-order valence-electron chi connectivity index (χ4n) is 3.31. The van der Waals surface area contributed by atoms with Gasteiger partial charge in [-0.2, -0.15) is 0 Å². The third-order valence-corrected chi connectivity index (χ3v) is 4.55. The highest BCUT2D eigenvalue weighted by molar-refractivity contribution is 5.20. The number of nitrogens with one attached hydrogen (secondary N) is 1. The molecule has 1 N–H and O–H groups in total. The van der Waals surface area contributed by atoms with Gasteiger partial charge in [0.1, 0.15) is 5.76 Å². The average Bonchev–Trinajstić information content (AvgIpc) is 3.03. The van der Waals surface area contributed by atoms with Gasteiger partial charge in [0.2, 0.25) is 0 Å². The second-order valence-corrected chi connectivity index (χ2v) is 5.89. The topological polar surface area (TPSA) is 56.5 Å². The van der Waals surface area contributed by atoms with Gasteiger partial charge in [-0.15, -0.1) is 0 Å². The van der Waals surface area contributed by atoms with Gasteiger partial charge < -0.3 is 19.3 Å². The smallest absolute Gasteiger partial charge is 0.168 e. The lowest BCUT2D eigenvalue weighted by atomic mass is 9.90. The van der Waals surface area contributed by atoms with Crippen LogP contribution in [-0.4, -0.2) is 36.7 Å².